The Kier molecular flexibility index (Phi) is 4.77. The van der Waals surface area contributed by atoms with E-state index in [0.717, 1.165) is 25.5 Å². The van der Waals surface area contributed by atoms with Gasteiger partial charge in [-0.05, 0) is 38.3 Å². The van der Waals surface area contributed by atoms with Crippen LogP contribution in [0, 0.1) is 6.92 Å². The maximum atomic E-state index is 4.62. The van der Waals surface area contributed by atoms with E-state index >= 15 is 0 Å². The minimum atomic E-state index is 0.646. The molecule has 20 heavy (non-hydrogen) atoms. The van der Waals surface area contributed by atoms with Crippen LogP contribution in [0.4, 0.5) is 5.69 Å². The first-order chi connectivity index (χ1) is 9.71. The molecule has 0 bridgehead atoms. The Morgan fingerprint density at radius 1 is 1.20 bits per heavy atom. The summed E-state index contributed by atoms with van der Waals surface area (Å²) in [5.41, 5.74) is 3.87. The normalized spacial score (nSPS) is 14.4. The summed E-state index contributed by atoms with van der Waals surface area (Å²) in [6, 6.07) is 6.44. The zero-order chi connectivity index (χ0) is 14.5. The second-order valence-corrected chi connectivity index (χ2v) is 4.92. The van der Waals surface area contributed by atoms with E-state index in [1.807, 2.05) is 6.34 Å². The molecule has 0 atom stereocenters. The number of hydrogen-bond donors (Lipinski definition) is 0. The molecule has 1 aliphatic rings. The Balaban J connectivity index is 2.22. The number of para-hydroxylation sites is 1. The first-order valence-corrected chi connectivity index (χ1v) is 7.39. The van der Waals surface area contributed by atoms with Crippen molar-refractivity contribution in [2.24, 2.45) is 9.98 Å². The number of guanidine groups is 1. The fourth-order valence-corrected chi connectivity index (χ4v) is 2.57. The van der Waals surface area contributed by atoms with Gasteiger partial charge in [0.2, 0.25) is 5.96 Å². The highest BCUT2D eigenvalue weighted by Crippen LogP contribution is 2.25. The molecule has 0 spiro atoms. The van der Waals surface area contributed by atoms with Crippen LogP contribution in [0.5, 0.6) is 0 Å². The second kappa shape index (κ2) is 6.55. The lowest BCUT2D eigenvalue weighted by Crippen LogP contribution is -2.36. The van der Waals surface area contributed by atoms with Gasteiger partial charge in [-0.2, -0.15) is 0 Å². The van der Waals surface area contributed by atoms with Crippen molar-refractivity contribution in [3.63, 3.8) is 0 Å². The van der Waals surface area contributed by atoms with E-state index in [0.29, 0.717) is 6.67 Å². The average Bonchev–Trinajstić information content (AvgIpc) is 2.49. The molecule has 0 radical (unpaired) electrons. The van der Waals surface area contributed by atoms with Gasteiger partial charge in [-0.25, -0.2) is 9.98 Å². The van der Waals surface area contributed by atoms with Crippen LogP contribution in [0.2, 0.25) is 0 Å². The Hall–Kier alpha value is -1.84. The number of nitrogens with zero attached hydrogens (tertiary/aromatic N) is 4. The predicted octanol–water partition coefficient (Wildman–Crippen LogP) is 3.06. The summed E-state index contributed by atoms with van der Waals surface area (Å²) in [4.78, 5) is 13.5. The van der Waals surface area contributed by atoms with Crippen LogP contribution in [-0.2, 0) is 6.42 Å². The van der Waals surface area contributed by atoms with Gasteiger partial charge < -0.3 is 9.80 Å². The molecule has 1 aliphatic heterocycles. The van der Waals surface area contributed by atoms with Gasteiger partial charge in [0.1, 0.15) is 13.0 Å². The van der Waals surface area contributed by atoms with Crippen LogP contribution in [0.1, 0.15) is 31.9 Å². The van der Waals surface area contributed by atoms with E-state index in [-0.39, 0.29) is 0 Å². The van der Waals surface area contributed by atoms with Crippen molar-refractivity contribution >= 4 is 18.0 Å². The first kappa shape index (κ1) is 14.6. The van der Waals surface area contributed by atoms with Crippen molar-refractivity contribution in [3.05, 3.63) is 29.3 Å². The highest BCUT2D eigenvalue weighted by atomic mass is 15.4. The molecule has 0 aliphatic carbocycles. The molecule has 0 saturated heterocycles. The molecular formula is C16H24N4. The van der Waals surface area contributed by atoms with E-state index in [4.69, 9.17) is 0 Å². The Labute approximate surface area is 121 Å². The quantitative estimate of drug-likeness (QED) is 0.843. The van der Waals surface area contributed by atoms with Crippen LogP contribution in [0.15, 0.2) is 28.2 Å². The largest absolute Gasteiger partial charge is 0.342 e. The van der Waals surface area contributed by atoms with Crippen LogP contribution in [0.25, 0.3) is 0 Å². The molecule has 1 heterocycles. The molecule has 108 valence electrons. The highest BCUT2D eigenvalue weighted by Gasteiger charge is 2.16. The third kappa shape index (κ3) is 2.84. The van der Waals surface area contributed by atoms with Crippen molar-refractivity contribution in [1.82, 2.24) is 4.90 Å². The maximum absolute atomic E-state index is 4.62. The van der Waals surface area contributed by atoms with Gasteiger partial charge >= 0.3 is 0 Å². The third-order valence-electron chi connectivity index (χ3n) is 3.71. The minimum absolute atomic E-state index is 0.646. The number of benzene rings is 1. The summed E-state index contributed by atoms with van der Waals surface area (Å²) in [6.45, 7) is 11.1. The standard InChI is InChI=1S/C16H24N4/c1-5-14-10-8-9-13(4)15(14)20-11-17-16(18-12-20)19(6-2)7-3/h8-11H,5-7,12H2,1-4H3. The predicted molar refractivity (Wildman–Crippen MR) is 86.8 cm³/mol. The van der Waals surface area contributed by atoms with Gasteiger partial charge in [0.05, 0.1) is 0 Å². The van der Waals surface area contributed by atoms with Crippen molar-refractivity contribution < 1.29 is 0 Å². The Morgan fingerprint density at radius 3 is 2.50 bits per heavy atom. The molecule has 0 fully saturated rings. The summed E-state index contributed by atoms with van der Waals surface area (Å²) < 4.78 is 0. The van der Waals surface area contributed by atoms with Crippen LogP contribution < -0.4 is 4.90 Å². The lowest BCUT2D eigenvalue weighted by molar-refractivity contribution is 0.458. The zero-order valence-corrected chi connectivity index (χ0v) is 12.9. The molecule has 4 nitrogen and oxygen atoms in total. The van der Waals surface area contributed by atoms with Crippen molar-refractivity contribution in [3.8, 4) is 0 Å². The van der Waals surface area contributed by atoms with Gasteiger partial charge in [-0.1, -0.05) is 25.1 Å². The number of aliphatic imine (C=N–C) groups is 2. The summed E-state index contributed by atoms with van der Waals surface area (Å²) in [7, 11) is 0. The summed E-state index contributed by atoms with van der Waals surface area (Å²) >= 11 is 0. The van der Waals surface area contributed by atoms with Gasteiger partial charge in [0.25, 0.3) is 0 Å². The Morgan fingerprint density at radius 2 is 1.95 bits per heavy atom. The van der Waals surface area contributed by atoms with Crippen LogP contribution >= 0.6 is 0 Å². The molecule has 0 amide bonds. The SMILES string of the molecule is CCc1cccc(C)c1N1C=NC(N(CC)CC)=NC1. The molecule has 0 aromatic heterocycles. The third-order valence-corrected chi connectivity index (χ3v) is 3.71. The topological polar surface area (TPSA) is 31.2 Å². The molecular weight excluding hydrogens is 248 g/mol. The van der Waals surface area contributed by atoms with Gasteiger partial charge in [-0.3, -0.25) is 0 Å². The zero-order valence-electron chi connectivity index (χ0n) is 12.9. The molecule has 1 aromatic rings. The van der Waals surface area contributed by atoms with Gasteiger partial charge in [-0.15, -0.1) is 0 Å². The van der Waals surface area contributed by atoms with E-state index in [1.165, 1.54) is 16.8 Å². The van der Waals surface area contributed by atoms with Crippen molar-refractivity contribution in [2.45, 2.75) is 34.1 Å². The number of hydrogen-bond acceptors (Lipinski definition) is 4. The average molecular weight is 272 g/mol. The highest BCUT2D eigenvalue weighted by molar-refractivity contribution is 5.95. The lowest BCUT2D eigenvalue weighted by atomic mass is 10.1. The van der Waals surface area contributed by atoms with E-state index in [2.05, 4.69) is 65.7 Å². The van der Waals surface area contributed by atoms with Gasteiger partial charge in [0.15, 0.2) is 0 Å². The fraction of sp³-hybridized carbons (Fsp3) is 0.500. The number of anilines is 1. The summed E-state index contributed by atoms with van der Waals surface area (Å²) in [5.74, 6) is 0.845. The smallest absolute Gasteiger partial charge is 0.223 e. The molecule has 2 rings (SSSR count). The van der Waals surface area contributed by atoms with E-state index < -0.39 is 0 Å². The Bertz CT molecular complexity index is 515. The number of aryl methyl sites for hydroxylation is 2. The number of rotatable bonds is 4. The fourth-order valence-electron chi connectivity index (χ4n) is 2.57. The van der Waals surface area contributed by atoms with Crippen molar-refractivity contribution in [1.29, 1.82) is 0 Å². The molecule has 4 heteroatoms. The maximum Gasteiger partial charge on any atom is 0.223 e. The molecule has 0 saturated carbocycles. The molecule has 0 unspecified atom stereocenters. The van der Waals surface area contributed by atoms with Crippen molar-refractivity contribution in [2.75, 3.05) is 24.7 Å². The van der Waals surface area contributed by atoms with Crippen LogP contribution in [-0.4, -0.2) is 37.0 Å². The monoisotopic (exact) mass is 272 g/mol. The summed E-state index contributed by atoms with van der Waals surface area (Å²) in [5, 5.41) is 0. The summed E-state index contributed by atoms with van der Waals surface area (Å²) in [6.07, 6.45) is 2.94. The molecule has 1 aromatic carbocycles. The van der Waals surface area contributed by atoms with E-state index in [1.54, 1.807) is 0 Å². The lowest BCUT2D eigenvalue weighted by Gasteiger charge is -2.28. The second-order valence-electron chi connectivity index (χ2n) is 4.92. The minimum Gasteiger partial charge on any atom is -0.342 e. The first-order valence-electron chi connectivity index (χ1n) is 7.39. The van der Waals surface area contributed by atoms with Gasteiger partial charge in [0, 0.05) is 18.8 Å². The van der Waals surface area contributed by atoms with Crippen LogP contribution in [0.3, 0.4) is 0 Å². The molecule has 0 N–H and O–H groups in total. The van der Waals surface area contributed by atoms with E-state index in [9.17, 15) is 0 Å².